The van der Waals surface area contributed by atoms with Gasteiger partial charge in [-0.05, 0) is 53.7 Å². The average molecular weight is 519 g/mol. The first-order valence-electron chi connectivity index (χ1n) is 12.9. The Morgan fingerprint density at radius 1 is 0.605 bits per heavy atom. The van der Waals surface area contributed by atoms with Crippen molar-refractivity contribution in [3.63, 3.8) is 0 Å². The molecule has 0 saturated heterocycles. The first-order chi connectivity index (χ1) is 17.9. The quantitative estimate of drug-likeness (QED) is 0.507. The van der Waals surface area contributed by atoms with E-state index in [4.69, 9.17) is 9.47 Å². The molecule has 38 heavy (non-hydrogen) atoms. The number of carbonyl (C=O) groups excluding carboxylic acids is 4. The third kappa shape index (κ3) is 2.98. The number of hydrogen-bond acceptors (Lipinski definition) is 8. The summed E-state index contributed by atoms with van der Waals surface area (Å²) in [5.74, 6) is -4.28. The molecule has 0 spiro atoms. The molecule has 0 saturated carbocycles. The van der Waals surface area contributed by atoms with Gasteiger partial charge >= 0.3 is 11.9 Å². The molecule has 8 nitrogen and oxygen atoms in total. The summed E-state index contributed by atoms with van der Waals surface area (Å²) in [5.41, 5.74) is 4.86. The van der Waals surface area contributed by atoms with Gasteiger partial charge in [0.1, 0.15) is 12.2 Å². The Hall–Kier alpha value is -3.36. The molecule has 6 rings (SSSR count). The number of rotatable bonds is 1. The van der Waals surface area contributed by atoms with E-state index in [1.54, 1.807) is 41.5 Å². The monoisotopic (exact) mass is 518 g/mol. The number of fused-ring (bicyclic) bond motifs is 4. The molecule has 2 aliphatic heterocycles. The van der Waals surface area contributed by atoms with Gasteiger partial charge in [0.2, 0.25) is 0 Å². The van der Waals surface area contributed by atoms with Crippen LogP contribution in [0.5, 0.6) is 0 Å². The summed E-state index contributed by atoms with van der Waals surface area (Å²) < 4.78 is 11.8. The summed E-state index contributed by atoms with van der Waals surface area (Å²) in [5, 5.41) is 23.2. The van der Waals surface area contributed by atoms with Crippen LogP contribution in [0.3, 0.4) is 0 Å². The molecule has 0 fully saturated rings. The summed E-state index contributed by atoms with van der Waals surface area (Å²) in [6, 6.07) is 0. The highest BCUT2D eigenvalue weighted by atomic mass is 16.6. The second-order valence-corrected chi connectivity index (χ2v) is 11.4. The van der Waals surface area contributed by atoms with E-state index in [1.165, 1.54) is 12.2 Å². The van der Waals surface area contributed by atoms with Crippen molar-refractivity contribution in [3.8, 4) is 0 Å². The van der Waals surface area contributed by atoms with Crippen LogP contribution >= 0.6 is 0 Å². The summed E-state index contributed by atoms with van der Waals surface area (Å²) in [6.45, 7) is 10.3. The molecular weight excluding hydrogens is 488 g/mol. The van der Waals surface area contributed by atoms with Crippen molar-refractivity contribution in [2.24, 2.45) is 23.7 Å². The molecule has 0 radical (unpaired) electrons. The molecule has 4 aliphatic carbocycles. The lowest BCUT2D eigenvalue weighted by Crippen LogP contribution is -2.41. The zero-order chi connectivity index (χ0) is 27.5. The fourth-order valence-corrected chi connectivity index (χ4v) is 7.80. The van der Waals surface area contributed by atoms with Crippen molar-refractivity contribution in [1.29, 1.82) is 0 Å². The van der Waals surface area contributed by atoms with E-state index in [2.05, 4.69) is 0 Å². The molecule has 0 aromatic carbocycles. The highest BCUT2D eigenvalue weighted by molar-refractivity contribution is 6.10. The Labute approximate surface area is 220 Å². The molecule has 0 aromatic rings. The van der Waals surface area contributed by atoms with Crippen LogP contribution in [0.25, 0.3) is 0 Å². The largest absolute Gasteiger partial charge is 0.454 e. The SMILES string of the molecule is CC1=CC(=O)C2=C(C)C(C3C(C)=C4C(=O)C=C(C)C4C(O)C4=C(C)C(=O)OC43)C3OC(=O)C(C)=C3C(O)C12. The molecule has 8 heteroatoms. The van der Waals surface area contributed by atoms with Gasteiger partial charge in [0.15, 0.2) is 11.6 Å². The lowest BCUT2D eigenvalue weighted by Gasteiger charge is -2.37. The summed E-state index contributed by atoms with van der Waals surface area (Å²) in [6.07, 6.45) is -1.15. The molecule has 0 aromatic heterocycles. The zero-order valence-electron chi connectivity index (χ0n) is 22.1. The molecular formula is C30H30O8. The van der Waals surface area contributed by atoms with Crippen LogP contribution in [-0.2, 0) is 28.7 Å². The summed E-state index contributed by atoms with van der Waals surface area (Å²) >= 11 is 0. The Bertz CT molecular complexity index is 1350. The molecule has 8 atom stereocenters. The number of aliphatic hydroxyl groups excluding tert-OH is 2. The van der Waals surface area contributed by atoms with Crippen LogP contribution < -0.4 is 0 Å². The number of allylic oxidation sites excluding steroid dienone is 2. The maximum absolute atomic E-state index is 13.3. The minimum atomic E-state index is -1.15. The van der Waals surface area contributed by atoms with Gasteiger partial charge in [-0.3, -0.25) is 9.59 Å². The first-order valence-corrected chi connectivity index (χ1v) is 12.9. The van der Waals surface area contributed by atoms with E-state index in [0.717, 1.165) is 0 Å². The summed E-state index contributed by atoms with van der Waals surface area (Å²) in [7, 11) is 0. The Morgan fingerprint density at radius 2 is 0.947 bits per heavy atom. The second kappa shape index (κ2) is 8.07. The zero-order valence-corrected chi connectivity index (χ0v) is 22.1. The highest BCUT2D eigenvalue weighted by Crippen LogP contribution is 2.55. The fourth-order valence-electron chi connectivity index (χ4n) is 7.80. The van der Waals surface area contributed by atoms with Gasteiger partial charge in [-0.25, -0.2) is 9.59 Å². The fraction of sp³-hybridized carbons (Fsp3) is 0.467. The molecule has 6 aliphatic rings. The van der Waals surface area contributed by atoms with Crippen LogP contribution in [0.2, 0.25) is 0 Å². The van der Waals surface area contributed by atoms with Gasteiger partial charge in [-0.1, -0.05) is 22.3 Å². The molecule has 0 amide bonds. The highest BCUT2D eigenvalue weighted by Gasteiger charge is 2.58. The second-order valence-electron chi connectivity index (χ2n) is 11.4. The van der Waals surface area contributed by atoms with Gasteiger partial charge in [-0.15, -0.1) is 0 Å². The van der Waals surface area contributed by atoms with Crippen LogP contribution in [0.4, 0.5) is 0 Å². The molecule has 2 N–H and O–H groups in total. The molecule has 198 valence electrons. The van der Waals surface area contributed by atoms with E-state index in [0.29, 0.717) is 44.6 Å². The maximum Gasteiger partial charge on any atom is 0.334 e. The minimum Gasteiger partial charge on any atom is -0.454 e. The predicted octanol–water partition coefficient (Wildman–Crippen LogP) is 2.38. The van der Waals surface area contributed by atoms with Crippen molar-refractivity contribution < 1.29 is 38.9 Å². The van der Waals surface area contributed by atoms with E-state index in [-0.39, 0.29) is 22.7 Å². The van der Waals surface area contributed by atoms with E-state index >= 15 is 0 Å². The lowest BCUT2D eigenvalue weighted by atomic mass is 9.71. The number of carbonyl (C=O) groups is 4. The summed E-state index contributed by atoms with van der Waals surface area (Å²) in [4.78, 5) is 52.3. The van der Waals surface area contributed by atoms with Crippen LogP contribution in [-0.4, -0.2) is 58.1 Å². The first kappa shape index (κ1) is 24.9. The molecule has 2 heterocycles. The lowest BCUT2D eigenvalue weighted by molar-refractivity contribution is -0.146. The van der Waals surface area contributed by atoms with Crippen LogP contribution in [0.15, 0.2) is 67.9 Å². The average Bonchev–Trinajstić information content (AvgIpc) is 3.47. The van der Waals surface area contributed by atoms with E-state index < -0.39 is 60.0 Å². The van der Waals surface area contributed by atoms with E-state index in [9.17, 15) is 29.4 Å². The normalized spacial score (nSPS) is 38.5. The maximum atomic E-state index is 13.3. The number of esters is 2. The van der Waals surface area contributed by atoms with Gasteiger partial charge in [-0.2, -0.15) is 0 Å². The van der Waals surface area contributed by atoms with Gasteiger partial charge < -0.3 is 19.7 Å². The standard InChI is InChI=1S/C30H30O8/c1-9-7-15(31)19-11(3)21(27-23(25(33)17(9)19)13(5)29(35)37-27)22-12(4)20-16(32)8-10(2)18(20)26(34)24-14(6)30(36)38-28(22)24/h7-8,17-18,21-22,25-28,33-34H,1-6H3. The smallest absolute Gasteiger partial charge is 0.334 e. The van der Waals surface area contributed by atoms with Crippen molar-refractivity contribution in [2.75, 3.05) is 0 Å². The van der Waals surface area contributed by atoms with Gasteiger partial charge in [0.05, 0.1) is 12.2 Å². The minimum absolute atomic E-state index is 0.222. The van der Waals surface area contributed by atoms with Crippen LogP contribution in [0.1, 0.15) is 41.5 Å². The van der Waals surface area contributed by atoms with Crippen molar-refractivity contribution in [3.05, 3.63) is 67.9 Å². The predicted molar refractivity (Wildman–Crippen MR) is 134 cm³/mol. The number of aliphatic hydroxyl groups is 2. The molecule has 0 bridgehead atoms. The Kier molecular flexibility index (Phi) is 5.30. The Morgan fingerprint density at radius 3 is 1.29 bits per heavy atom. The van der Waals surface area contributed by atoms with E-state index in [1.807, 2.05) is 0 Å². The topological polar surface area (TPSA) is 127 Å². The molecule has 8 unspecified atom stereocenters. The number of hydrogen-bond donors (Lipinski definition) is 2. The number of ether oxygens (including phenoxy) is 2. The van der Waals surface area contributed by atoms with Crippen molar-refractivity contribution >= 4 is 23.5 Å². The van der Waals surface area contributed by atoms with Crippen molar-refractivity contribution in [1.82, 2.24) is 0 Å². The van der Waals surface area contributed by atoms with Gasteiger partial charge in [0.25, 0.3) is 0 Å². The Balaban J connectivity index is 1.66. The van der Waals surface area contributed by atoms with Crippen LogP contribution in [0, 0.1) is 23.7 Å². The van der Waals surface area contributed by atoms with Gasteiger partial charge in [0, 0.05) is 57.1 Å². The third-order valence-electron chi connectivity index (χ3n) is 9.57. The third-order valence-corrected chi connectivity index (χ3v) is 9.57. The van der Waals surface area contributed by atoms with Crippen molar-refractivity contribution in [2.45, 2.75) is 66.0 Å². The number of ketones is 2.